The van der Waals surface area contributed by atoms with Gasteiger partial charge in [-0.1, -0.05) is 11.6 Å². The van der Waals surface area contributed by atoms with Gasteiger partial charge in [0.25, 0.3) is 5.96 Å². The van der Waals surface area contributed by atoms with Gasteiger partial charge in [-0.05, 0) is 29.4 Å². The number of hydroxylamine groups is 1. The van der Waals surface area contributed by atoms with Crippen LogP contribution in [0.3, 0.4) is 0 Å². The van der Waals surface area contributed by atoms with Crippen molar-refractivity contribution < 1.29 is 29.5 Å². The van der Waals surface area contributed by atoms with Crippen molar-refractivity contribution in [1.29, 1.82) is 0 Å². The molecule has 21 heavy (non-hydrogen) atoms. The average Bonchev–Trinajstić information content (AvgIpc) is 2.51. The molecule has 10 heteroatoms. The Hall–Kier alpha value is -2.36. The summed E-state index contributed by atoms with van der Waals surface area (Å²) in [4.78, 5) is 32.0. The average molecular weight is 316 g/mol. The van der Waals surface area contributed by atoms with Crippen molar-refractivity contribution >= 4 is 35.2 Å². The van der Waals surface area contributed by atoms with Gasteiger partial charge in [-0.15, -0.1) is 5.06 Å². The SMILES string of the molecule is N/C1=N/OC(=O)C(O)C(O)C(=O)ON1c1ccc(Cl)cc1. The molecule has 1 aliphatic rings. The largest absolute Gasteiger partial charge is 0.379 e. The van der Waals surface area contributed by atoms with Crippen LogP contribution in [0.5, 0.6) is 0 Å². The maximum atomic E-state index is 11.7. The van der Waals surface area contributed by atoms with E-state index in [0.29, 0.717) is 10.1 Å². The third kappa shape index (κ3) is 3.21. The number of aliphatic hydroxyl groups is 2. The number of hydrogen-bond acceptors (Lipinski definition) is 9. The molecule has 1 aromatic carbocycles. The first-order chi connectivity index (χ1) is 9.90. The Morgan fingerprint density at radius 3 is 2.33 bits per heavy atom. The summed E-state index contributed by atoms with van der Waals surface area (Å²) in [6.45, 7) is 0. The van der Waals surface area contributed by atoms with E-state index in [1.807, 2.05) is 0 Å². The van der Waals surface area contributed by atoms with Crippen LogP contribution in [0.2, 0.25) is 5.02 Å². The lowest BCUT2D eigenvalue weighted by Gasteiger charge is -2.21. The van der Waals surface area contributed by atoms with Crippen molar-refractivity contribution in [3.05, 3.63) is 29.3 Å². The number of nitrogens with two attached hydrogens (primary N) is 1. The highest BCUT2D eigenvalue weighted by molar-refractivity contribution is 6.30. The smallest absolute Gasteiger partial charge is 0.366 e. The van der Waals surface area contributed by atoms with Gasteiger partial charge in [0.15, 0.2) is 12.2 Å². The van der Waals surface area contributed by atoms with Gasteiger partial charge in [-0.2, -0.15) is 0 Å². The summed E-state index contributed by atoms with van der Waals surface area (Å²) in [6.07, 6.45) is -4.28. The highest BCUT2D eigenvalue weighted by atomic mass is 35.5. The first-order valence-corrected chi connectivity index (χ1v) is 5.96. The summed E-state index contributed by atoms with van der Waals surface area (Å²) >= 11 is 5.73. The first-order valence-electron chi connectivity index (χ1n) is 5.58. The number of benzene rings is 1. The molecule has 0 aliphatic carbocycles. The number of anilines is 1. The molecule has 0 saturated heterocycles. The fraction of sp³-hybridized carbons (Fsp3) is 0.182. The van der Waals surface area contributed by atoms with Crippen molar-refractivity contribution in [2.24, 2.45) is 10.9 Å². The van der Waals surface area contributed by atoms with Crippen LogP contribution in [-0.4, -0.2) is 40.3 Å². The summed E-state index contributed by atoms with van der Waals surface area (Å²) in [5, 5.41) is 23.2. The quantitative estimate of drug-likeness (QED) is 0.568. The third-order valence-electron chi connectivity index (χ3n) is 2.46. The zero-order valence-corrected chi connectivity index (χ0v) is 11.1. The van der Waals surface area contributed by atoms with Gasteiger partial charge in [-0.3, -0.25) is 0 Å². The zero-order chi connectivity index (χ0) is 15.6. The van der Waals surface area contributed by atoms with Crippen LogP contribution in [0.1, 0.15) is 0 Å². The molecule has 1 heterocycles. The predicted molar refractivity (Wildman–Crippen MR) is 69.8 cm³/mol. The van der Waals surface area contributed by atoms with Crippen LogP contribution < -0.4 is 10.8 Å². The molecular formula is C11H10ClN3O6. The van der Waals surface area contributed by atoms with Crippen LogP contribution in [0.25, 0.3) is 0 Å². The molecule has 0 fully saturated rings. The number of nitrogens with zero attached hydrogens (tertiary/aromatic N) is 2. The fourth-order valence-electron chi connectivity index (χ4n) is 1.39. The second kappa shape index (κ2) is 5.95. The lowest BCUT2D eigenvalue weighted by Crippen LogP contribution is -2.44. The van der Waals surface area contributed by atoms with Crippen molar-refractivity contribution in [3.8, 4) is 0 Å². The van der Waals surface area contributed by atoms with Gasteiger partial charge < -0.3 is 25.6 Å². The Labute approximate surface area is 123 Å². The van der Waals surface area contributed by atoms with Crippen molar-refractivity contribution in [3.63, 3.8) is 0 Å². The minimum atomic E-state index is -2.14. The van der Waals surface area contributed by atoms with E-state index in [1.54, 1.807) is 0 Å². The number of guanidine groups is 1. The molecule has 1 aliphatic heterocycles. The highest BCUT2D eigenvalue weighted by Gasteiger charge is 2.37. The Morgan fingerprint density at radius 2 is 1.71 bits per heavy atom. The molecule has 112 valence electrons. The van der Waals surface area contributed by atoms with Crippen molar-refractivity contribution in [2.75, 3.05) is 5.06 Å². The van der Waals surface area contributed by atoms with E-state index in [9.17, 15) is 19.8 Å². The maximum absolute atomic E-state index is 11.7. The van der Waals surface area contributed by atoms with E-state index < -0.39 is 30.1 Å². The lowest BCUT2D eigenvalue weighted by atomic mass is 10.2. The minimum absolute atomic E-state index is 0.230. The summed E-state index contributed by atoms with van der Waals surface area (Å²) in [6, 6.07) is 5.87. The molecule has 9 nitrogen and oxygen atoms in total. The number of rotatable bonds is 1. The van der Waals surface area contributed by atoms with Gasteiger partial charge in [0.05, 0.1) is 5.69 Å². The standard InChI is InChI=1S/C11H10ClN3O6/c12-5-1-3-6(4-2-5)15-11(13)14-20-9(18)7(16)8(17)10(19)21-15/h1-4,7-8,16-17H,(H2,13,14). The van der Waals surface area contributed by atoms with Gasteiger partial charge in [0.1, 0.15) is 0 Å². The number of hydrogen-bond donors (Lipinski definition) is 3. The molecule has 4 N–H and O–H groups in total. The second-order valence-electron chi connectivity index (χ2n) is 3.93. The third-order valence-corrected chi connectivity index (χ3v) is 2.71. The van der Waals surface area contributed by atoms with Crippen LogP contribution in [-0.2, 0) is 19.3 Å². The van der Waals surface area contributed by atoms with Gasteiger partial charge in [-0.25, -0.2) is 9.59 Å². The topological polar surface area (TPSA) is 135 Å². The molecule has 2 unspecified atom stereocenters. The van der Waals surface area contributed by atoms with Crippen molar-refractivity contribution in [2.45, 2.75) is 12.2 Å². The summed E-state index contributed by atoms with van der Waals surface area (Å²) in [5.41, 5.74) is 5.76. The molecule has 0 aromatic heterocycles. The van der Waals surface area contributed by atoms with E-state index in [-0.39, 0.29) is 5.69 Å². The number of carbonyl (C=O) groups is 2. The lowest BCUT2D eigenvalue weighted by molar-refractivity contribution is -0.171. The first kappa shape index (κ1) is 15.0. The summed E-state index contributed by atoms with van der Waals surface area (Å²) in [7, 11) is 0. The molecule has 2 atom stereocenters. The van der Waals surface area contributed by atoms with Crippen LogP contribution in [0.15, 0.2) is 29.4 Å². The Bertz CT molecular complexity index is 590. The molecular weight excluding hydrogens is 306 g/mol. The van der Waals surface area contributed by atoms with E-state index in [1.165, 1.54) is 24.3 Å². The monoisotopic (exact) mass is 315 g/mol. The molecule has 0 radical (unpaired) electrons. The Balaban J connectivity index is 2.37. The van der Waals surface area contributed by atoms with Gasteiger partial charge >= 0.3 is 11.9 Å². The van der Waals surface area contributed by atoms with Crippen LogP contribution in [0.4, 0.5) is 5.69 Å². The van der Waals surface area contributed by atoms with E-state index >= 15 is 0 Å². The molecule has 0 bridgehead atoms. The summed E-state index contributed by atoms with van der Waals surface area (Å²) < 4.78 is 0. The van der Waals surface area contributed by atoms with Gasteiger partial charge in [0, 0.05) is 5.02 Å². The van der Waals surface area contributed by atoms with Crippen molar-refractivity contribution in [1.82, 2.24) is 0 Å². The second-order valence-corrected chi connectivity index (χ2v) is 4.37. The number of oxime groups is 1. The minimum Gasteiger partial charge on any atom is -0.379 e. The Kier molecular flexibility index (Phi) is 4.26. The fourth-order valence-corrected chi connectivity index (χ4v) is 1.52. The normalized spacial score (nSPS) is 25.9. The number of aliphatic hydroxyl groups excluding tert-OH is 2. The van der Waals surface area contributed by atoms with E-state index in [4.69, 9.17) is 22.2 Å². The van der Waals surface area contributed by atoms with Crippen LogP contribution >= 0.6 is 11.6 Å². The molecule has 2 rings (SSSR count). The van der Waals surface area contributed by atoms with Crippen LogP contribution in [0, 0.1) is 0 Å². The number of halogens is 1. The zero-order valence-electron chi connectivity index (χ0n) is 10.3. The van der Waals surface area contributed by atoms with Gasteiger partial charge in [0.2, 0.25) is 0 Å². The van der Waals surface area contributed by atoms with E-state index in [2.05, 4.69) is 9.99 Å². The maximum Gasteiger partial charge on any atom is 0.366 e. The molecule has 0 amide bonds. The Morgan fingerprint density at radius 1 is 1.14 bits per heavy atom. The predicted octanol–water partition coefficient (Wildman–Crippen LogP) is -0.887. The summed E-state index contributed by atoms with van der Waals surface area (Å²) in [5.74, 6) is -3.16. The molecule has 0 saturated carbocycles. The number of carbonyl (C=O) groups excluding carboxylic acids is 2. The molecule has 0 spiro atoms. The van der Waals surface area contributed by atoms with E-state index in [0.717, 1.165) is 0 Å². The molecule has 1 aromatic rings. The highest BCUT2D eigenvalue weighted by Crippen LogP contribution is 2.19.